The number of rotatable bonds is 5. The fourth-order valence-electron chi connectivity index (χ4n) is 4.51. The van der Waals surface area contributed by atoms with Gasteiger partial charge in [-0.05, 0) is 42.2 Å². The molecule has 12 heteroatoms. The van der Waals surface area contributed by atoms with Crippen molar-refractivity contribution in [2.24, 2.45) is 0 Å². The first-order valence-corrected chi connectivity index (χ1v) is 15.0. The van der Waals surface area contributed by atoms with Crippen LogP contribution < -0.4 is 5.32 Å². The standard InChI is InChI=1S/C24H29N3O3S.H2O4S/c28-31(29)12-8-27(9-13-31)17-18-14-20-16-22(19-4-2-1-3-5-19)26-24(20)23(15-18)25-21-6-10-30-11-7-21;1-5(2,3)4/h1-5,14-16,21,25-26H,6-13,17H2;(H2,1,2,3,4). The van der Waals surface area contributed by atoms with Crippen LogP contribution in [0.15, 0.2) is 48.5 Å². The first kappa shape index (κ1) is 26.6. The lowest BCUT2D eigenvalue weighted by Gasteiger charge is -2.27. The molecule has 1 aromatic heterocycles. The van der Waals surface area contributed by atoms with E-state index in [1.165, 1.54) is 16.5 Å². The molecule has 0 atom stereocenters. The zero-order valence-electron chi connectivity index (χ0n) is 19.8. The summed E-state index contributed by atoms with van der Waals surface area (Å²) >= 11 is 0. The van der Waals surface area contributed by atoms with Crippen LogP contribution in [0.25, 0.3) is 22.2 Å². The number of hydrogen-bond acceptors (Lipinski definition) is 7. The Morgan fingerprint density at radius 2 is 1.67 bits per heavy atom. The topological polar surface area (TPSA) is 149 Å². The molecule has 0 spiro atoms. The van der Waals surface area contributed by atoms with Gasteiger partial charge in [0.15, 0.2) is 9.84 Å². The molecule has 0 bridgehead atoms. The Bertz CT molecular complexity index is 1360. The van der Waals surface area contributed by atoms with Crippen molar-refractivity contribution in [3.05, 3.63) is 54.1 Å². The van der Waals surface area contributed by atoms with Gasteiger partial charge >= 0.3 is 10.4 Å². The lowest BCUT2D eigenvalue weighted by molar-refractivity contribution is 0.0905. The van der Waals surface area contributed by atoms with Crippen molar-refractivity contribution in [3.8, 4) is 11.3 Å². The average Bonchev–Trinajstić information content (AvgIpc) is 3.25. The Morgan fingerprint density at radius 3 is 2.31 bits per heavy atom. The van der Waals surface area contributed by atoms with Crippen LogP contribution in [0.4, 0.5) is 5.69 Å². The van der Waals surface area contributed by atoms with Gasteiger partial charge in [-0.2, -0.15) is 8.42 Å². The van der Waals surface area contributed by atoms with Crippen LogP contribution in [0.3, 0.4) is 0 Å². The first-order chi connectivity index (χ1) is 17.1. The second-order valence-electron chi connectivity index (χ2n) is 9.06. The number of anilines is 1. The van der Waals surface area contributed by atoms with Crippen molar-refractivity contribution in [3.63, 3.8) is 0 Å². The number of nitrogens with zero attached hydrogens (tertiary/aromatic N) is 1. The van der Waals surface area contributed by atoms with Crippen LogP contribution in [0.2, 0.25) is 0 Å². The van der Waals surface area contributed by atoms with Gasteiger partial charge in [0.25, 0.3) is 0 Å². The molecule has 2 aromatic carbocycles. The lowest BCUT2D eigenvalue weighted by Crippen LogP contribution is -2.39. The highest BCUT2D eigenvalue weighted by Gasteiger charge is 2.22. The maximum absolute atomic E-state index is 11.8. The highest BCUT2D eigenvalue weighted by molar-refractivity contribution is 7.91. The Labute approximate surface area is 211 Å². The number of ether oxygens (including phenoxy) is 1. The minimum atomic E-state index is -4.67. The number of fused-ring (bicyclic) bond motifs is 1. The molecule has 0 saturated carbocycles. The smallest absolute Gasteiger partial charge is 0.381 e. The molecular formula is C24H31N3O7S2. The second-order valence-corrected chi connectivity index (χ2v) is 12.3. The Balaban J connectivity index is 0.000000556. The van der Waals surface area contributed by atoms with Gasteiger partial charge in [-0.15, -0.1) is 0 Å². The van der Waals surface area contributed by atoms with E-state index in [1.54, 1.807) is 0 Å². The number of benzene rings is 2. The van der Waals surface area contributed by atoms with E-state index < -0.39 is 20.2 Å². The van der Waals surface area contributed by atoms with Gasteiger partial charge < -0.3 is 15.0 Å². The van der Waals surface area contributed by atoms with Crippen molar-refractivity contribution < 1.29 is 30.7 Å². The fraction of sp³-hybridized carbons (Fsp3) is 0.417. The molecule has 196 valence electrons. The molecule has 0 amide bonds. The summed E-state index contributed by atoms with van der Waals surface area (Å²) in [6.45, 7) is 3.56. The molecule has 0 aliphatic carbocycles. The number of sulfone groups is 1. The molecular weight excluding hydrogens is 506 g/mol. The van der Waals surface area contributed by atoms with Crippen molar-refractivity contribution in [2.45, 2.75) is 25.4 Å². The van der Waals surface area contributed by atoms with Crippen molar-refractivity contribution in [1.82, 2.24) is 9.88 Å². The van der Waals surface area contributed by atoms with Gasteiger partial charge in [0.05, 0.1) is 22.7 Å². The van der Waals surface area contributed by atoms with Crippen LogP contribution in [-0.2, 0) is 31.5 Å². The minimum absolute atomic E-state index is 0.255. The summed E-state index contributed by atoms with van der Waals surface area (Å²) in [7, 11) is -7.53. The van der Waals surface area contributed by atoms with E-state index in [2.05, 4.69) is 57.7 Å². The fourth-order valence-corrected chi connectivity index (χ4v) is 5.79. The van der Waals surface area contributed by atoms with E-state index >= 15 is 0 Å². The quantitative estimate of drug-likeness (QED) is 0.360. The zero-order chi connectivity index (χ0) is 25.8. The molecule has 2 fully saturated rings. The van der Waals surface area contributed by atoms with E-state index in [1.807, 2.05) is 6.07 Å². The summed E-state index contributed by atoms with van der Waals surface area (Å²) < 4.78 is 60.7. The van der Waals surface area contributed by atoms with E-state index in [0.29, 0.717) is 19.1 Å². The number of aromatic amines is 1. The van der Waals surface area contributed by atoms with Crippen LogP contribution >= 0.6 is 0 Å². The summed E-state index contributed by atoms with van der Waals surface area (Å²) in [5.74, 6) is 0.509. The maximum atomic E-state index is 11.8. The molecule has 0 radical (unpaired) electrons. The summed E-state index contributed by atoms with van der Waals surface area (Å²) in [5.41, 5.74) is 5.71. The first-order valence-electron chi connectivity index (χ1n) is 11.7. The number of nitrogens with one attached hydrogen (secondary N) is 2. The van der Waals surface area contributed by atoms with E-state index in [4.69, 9.17) is 22.3 Å². The molecule has 3 aromatic rings. The normalized spacial score (nSPS) is 18.9. The summed E-state index contributed by atoms with van der Waals surface area (Å²) in [6.07, 6.45) is 2.00. The molecule has 3 heterocycles. The van der Waals surface area contributed by atoms with E-state index in [9.17, 15) is 8.42 Å². The van der Waals surface area contributed by atoms with Gasteiger partial charge in [0.1, 0.15) is 0 Å². The highest BCUT2D eigenvalue weighted by atomic mass is 32.3. The summed E-state index contributed by atoms with van der Waals surface area (Å²) in [5, 5.41) is 4.93. The SMILES string of the molecule is O=S(=O)(O)O.O=S1(=O)CCN(Cc2cc(NC3CCOCC3)c3[nH]c(-c4ccccc4)cc3c2)CC1. The molecule has 5 rings (SSSR count). The van der Waals surface area contributed by atoms with Crippen LogP contribution in [-0.4, -0.2) is 79.7 Å². The monoisotopic (exact) mass is 537 g/mol. The van der Waals surface area contributed by atoms with Gasteiger partial charge in [-0.3, -0.25) is 14.0 Å². The highest BCUT2D eigenvalue weighted by Crippen LogP contribution is 2.32. The van der Waals surface area contributed by atoms with Gasteiger partial charge in [0.2, 0.25) is 0 Å². The molecule has 0 unspecified atom stereocenters. The second kappa shape index (κ2) is 11.3. The van der Waals surface area contributed by atoms with E-state index in [0.717, 1.165) is 49.5 Å². The van der Waals surface area contributed by atoms with Crippen molar-refractivity contribution in [2.75, 3.05) is 43.1 Å². The summed E-state index contributed by atoms with van der Waals surface area (Å²) in [4.78, 5) is 5.87. The molecule has 36 heavy (non-hydrogen) atoms. The molecule has 2 aliphatic rings. The van der Waals surface area contributed by atoms with Gasteiger partial charge in [-0.25, -0.2) is 8.42 Å². The Kier molecular flexibility index (Phi) is 8.33. The summed E-state index contributed by atoms with van der Waals surface area (Å²) in [6, 6.07) is 17.4. The zero-order valence-corrected chi connectivity index (χ0v) is 21.4. The third kappa shape index (κ3) is 7.76. The number of hydrogen-bond donors (Lipinski definition) is 4. The predicted molar refractivity (Wildman–Crippen MR) is 139 cm³/mol. The van der Waals surface area contributed by atoms with E-state index in [-0.39, 0.29) is 11.5 Å². The predicted octanol–water partition coefficient (Wildman–Crippen LogP) is 3.00. The minimum Gasteiger partial charge on any atom is -0.381 e. The van der Waals surface area contributed by atoms with Crippen molar-refractivity contribution in [1.29, 1.82) is 0 Å². The van der Waals surface area contributed by atoms with Crippen LogP contribution in [0.1, 0.15) is 18.4 Å². The Hall–Kier alpha value is -2.48. The lowest BCUT2D eigenvalue weighted by atomic mass is 10.1. The Morgan fingerprint density at radius 1 is 1.03 bits per heavy atom. The molecule has 2 aliphatic heterocycles. The van der Waals surface area contributed by atoms with Gasteiger partial charge in [0, 0.05) is 50.0 Å². The average molecular weight is 538 g/mol. The number of aromatic nitrogens is 1. The third-order valence-corrected chi connectivity index (χ3v) is 7.91. The van der Waals surface area contributed by atoms with Gasteiger partial charge in [-0.1, -0.05) is 30.3 Å². The largest absolute Gasteiger partial charge is 0.394 e. The van der Waals surface area contributed by atoms with Crippen molar-refractivity contribution >= 4 is 36.8 Å². The van der Waals surface area contributed by atoms with Crippen LogP contribution in [0, 0.1) is 0 Å². The molecule has 10 nitrogen and oxygen atoms in total. The maximum Gasteiger partial charge on any atom is 0.394 e. The molecule has 2 saturated heterocycles. The van der Waals surface area contributed by atoms with Crippen LogP contribution in [0.5, 0.6) is 0 Å². The third-order valence-electron chi connectivity index (χ3n) is 6.30. The molecule has 4 N–H and O–H groups in total. The number of H-pyrrole nitrogens is 1.